The number of hydrogen-bond donors (Lipinski definition) is 1. The van der Waals surface area contributed by atoms with Crippen molar-refractivity contribution in [3.63, 3.8) is 0 Å². The molecular formula is C13H18FNO3. The third-order valence-electron chi connectivity index (χ3n) is 2.24. The molecule has 1 unspecified atom stereocenters. The van der Waals surface area contributed by atoms with E-state index in [9.17, 15) is 9.18 Å². The predicted molar refractivity (Wildman–Crippen MR) is 66.0 cm³/mol. The van der Waals surface area contributed by atoms with Crippen LogP contribution in [-0.2, 0) is 9.53 Å². The first kappa shape index (κ1) is 14.4. The molecule has 0 heterocycles. The number of carbonyl (C=O) groups is 1. The monoisotopic (exact) mass is 255 g/mol. The lowest BCUT2D eigenvalue weighted by molar-refractivity contribution is -0.122. The lowest BCUT2D eigenvalue weighted by Crippen LogP contribution is -2.36. The fourth-order valence-electron chi connectivity index (χ4n) is 1.43. The molecule has 0 aliphatic rings. The minimum Gasteiger partial charge on any atom is -0.493 e. The van der Waals surface area contributed by atoms with Crippen LogP contribution in [0.5, 0.6) is 5.75 Å². The van der Waals surface area contributed by atoms with Crippen LogP contribution >= 0.6 is 0 Å². The van der Waals surface area contributed by atoms with Gasteiger partial charge in [-0.25, -0.2) is 4.39 Å². The second-order valence-electron chi connectivity index (χ2n) is 3.98. The molecule has 0 saturated carbocycles. The Morgan fingerprint density at radius 2 is 2.06 bits per heavy atom. The Bertz CT molecular complexity index is 367. The molecule has 0 bridgehead atoms. The van der Waals surface area contributed by atoms with E-state index in [2.05, 4.69) is 5.32 Å². The Hall–Kier alpha value is -1.62. The number of hydrogen-bond acceptors (Lipinski definition) is 3. The first-order chi connectivity index (χ1) is 8.61. The number of benzene rings is 1. The largest absolute Gasteiger partial charge is 0.493 e. The molecule has 4 nitrogen and oxygen atoms in total. The van der Waals surface area contributed by atoms with Gasteiger partial charge in [0.1, 0.15) is 11.6 Å². The molecule has 100 valence electrons. The van der Waals surface area contributed by atoms with Gasteiger partial charge in [0.05, 0.1) is 19.6 Å². The lowest BCUT2D eigenvalue weighted by Gasteiger charge is -2.12. The highest BCUT2D eigenvalue weighted by atomic mass is 19.1. The maximum atomic E-state index is 12.6. The van der Waals surface area contributed by atoms with Crippen LogP contribution in [0.2, 0.25) is 0 Å². The molecule has 1 N–H and O–H groups in total. The van der Waals surface area contributed by atoms with Gasteiger partial charge in [-0.2, -0.15) is 0 Å². The molecule has 5 heteroatoms. The number of amides is 1. The first-order valence-electron chi connectivity index (χ1n) is 5.78. The molecule has 0 spiro atoms. The van der Waals surface area contributed by atoms with Gasteiger partial charge in [-0.3, -0.25) is 4.79 Å². The molecule has 0 radical (unpaired) electrons. The van der Waals surface area contributed by atoms with Crippen molar-refractivity contribution in [2.24, 2.45) is 0 Å². The van der Waals surface area contributed by atoms with Gasteiger partial charge in [0.15, 0.2) is 0 Å². The van der Waals surface area contributed by atoms with Crippen LogP contribution in [0.1, 0.15) is 13.3 Å². The average molecular weight is 255 g/mol. The number of nitrogens with one attached hydrogen (secondary N) is 1. The van der Waals surface area contributed by atoms with Crippen LogP contribution in [0.3, 0.4) is 0 Å². The predicted octanol–water partition coefficient (Wildman–Crippen LogP) is 1.75. The highest BCUT2D eigenvalue weighted by Crippen LogP contribution is 2.10. The summed E-state index contributed by atoms with van der Waals surface area (Å²) in [4.78, 5) is 11.5. The van der Waals surface area contributed by atoms with Crippen LogP contribution < -0.4 is 10.1 Å². The van der Waals surface area contributed by atoms with Crippen molar-refractivity contribution in [2.75, 3.05) is 20.3 Å². The number of rotatable bonds is 7. The molecular weight excluding hydrogens is 237 g/mol. The van der Waals surface area contributed by atoms with E-state index in [0.29, 0.717) is 12.4 Å². The molecule has 0 fully saturated rings. The Morgan fingerprint density at radius 1 is 1.39 bits per heavy atom. The van der Waals surface area contributed by atoms with E-state index in [-0.39, 0.29) is 30.8 Å². The summed E-state index contributed by atoms with van der Waals surface area (Å²) in [6.45, 7) is 2.60. The normalized spacial score (nSPS) is 11.9. The van der Waals surface area contributed by atoms with Crippen molar-refractivity contribution < 1.29 is 18.7 Å². The summed E-state index contributed by atoms with van der Waals surface area (Å²) < 4.78 is 22.8. The maximum Gasteiger partial charge on any atom is 0.223 e. The van der Waals surface area contributed by atoms with Gasteiger partial charge in [0, 0.05) is 13.2 Å². The Morgan fingerprint density at radius 3 is 2.67 bits per heavy atom. The second-order valence-corrected chi connectivity index (χ2v) is 3.98. The summed E-state index contributed by atoms with van der Waals surface area (Å²) in [7, 11) is 1.58. The fourth-order valence-corrected chi connectivity index (χ4v) is 1.43. The van der Waals surface area contributed by atoms with E-state index in [1.807, 2.05) is 6.92 Å². The Balaban J connectivity index is 2.21. The van der Waals surface area contributed by atoms with E-state index in [1.54, 1.807) is 7.11 Å². The van der Waals surface area contributed by atoms with Crippen molar-refractivity contribution in [3.05, 3.63) is 30.1 Å². The van der Waals surface area contributed by atoms with Gasteiger partial charge < -0.3 is 14.8 Å². The summed E-state index contributed by atoms with van der Waals surface area (Å²) in [6, 6.07) is 5.67. The van der Waals surface area contributed by atoms with Gasteiger partial charge in [0.25, 0.3) is 0 Å². The second kappa shape index (κ2) is 7.66. The van der Waals surface area contributed by atoms with Crippen molar-refractivity contribution in [1.82, 2.24) is 5.32 Å². The fraction of sp³-hybridized carbons (Fsp3) is 0.462. The lowest BCUT2D eigenvalue weighted by atomic mass is 10.3. The van der Waals surface area contributed by atoms with Crippen LogP contribution in [-0.4, -0.2) is 32.3 Å². The molecule has 0 aliphatic carbocycles. The summed E-state index contributed by atoms with van der Waals surface area (Å²) >= 11 is 0. The van der Waals surface area contributed by atoms with Crippen molar-refractivity contribution >= 4 is 5.91 Å². The van der Waals surface area contributed by atoms with Crippen molar-refractivity contribution in [2.45, 2.75) is 19.4 Å². The van der Waals surface area contributed by atoms with Gasteiger partial charge >= 0.3 is 0 Å². The van der Waals surface area contributed by atoms with Crippen LogP contribution in [0.25, 0.3) is 0 Å². The summed E-state index contributed by atoms with van der Waals surface area (Å²) in [5.74, 6) is 0.143. The zero-order valence-electron chi connectivity index (χ0n) is 10.6. The van der Waals surface area contributed by atoms with Crippen molar-refractivity contribution in [3.8, 4) is 5.75 Å². The highest BCUT2D eigenvalue weighted by Gasteiger charge is 2.06. The van der Waals surface area contributed by atoms with Gasteiger partial charge in [0.2, 0.25) is 5.91 Å². The molecule has 0 aromatic heterocycles. The third-order valence-corrected chi connectivity index (χ3v) is 2.24. The Kier molecular flexibility index (Phi) is 6.14. The minimum absolute atomic E-state index is 0.0201. The molecule has 18 heavy (non-hydrogen) atoms. The molecule has 0 saturated heterocycles. The maximum absolute atomic E-state index is 12.6. The molecule has 1 aromatic rings. The van der Waals surface area contributed by atoms with Gasteiger partial charge in [-0.1, -0.05) is 0 Å². The van der Waals surface area contributed by atoms with Gasteiger partial charge in [-0.05, 0) is 31.2 Å². The number of carbonyl (C=O) groups excluding carboxylic acids is 1. The van der Waals surface area contributed by atoms with E-state index >= 15 is 0 Å². The molecule has 1 atom stereocenters. The molecule has 1 amide bonds. The first-order valence-corrected chi connectivity index (χ1v) is 5.78. The number of halogens is 1. The molecule has 0 aliphatic heterocycles. The van der Waals surface area contributed by atoms with E-state index < -0.39 is 0 Å². The highest BCUT2D eigenvalue weighted by molar-refractivity contribution is 5.76. The quantitative estimate of drug-likeness (QED) is 0.807. The summed E-state index contributed by atoms with van der Waals surface area (Å²) in [5.41, 5.74) is 0. The number of ether oxygens (including phenoxy) is 2. The van der Waals surface area contributed by atoms with Crippen LogP contribution in [0.4, 0.5) is 4.39 Å². The molecule has 1 aromatic carbocycles. The van der Waals surface area contributed by atoms with E-state index in [4.69, 9.17) is 9.47 Å². The van der Waals surface area contributed by atoms with Gasteiger partial charge in [-0.15, -0.1) is 0 Å². The third kappa shape index (κ3) is 5.63. The number of methoxy groups -OCH3 is 1. The standard InChI is InChI=1S/C13H18FNO3/c1-10(9-17-2)15-13(16)7-8-18-12-5-3-11(14)4-6-12/h3-6,10H,7-9H2,1-2H3,(H,15,16). The zero-order valence-corrected chi connectivity index (χ0v) is 10.6. The topological polar surface area (TPSA) is 47.6 Å². The van der Waals surface area contributed by atoms with Crippen LogP contribution in [0, 0.1) is 5.82 Å². The SMILES string of the molecule is COCC(C)NC(=O)CCOc1ccc(F)cc1. The molecule has 1 rings (SSSR count). The smallest absolute Gasteiger partial charge is 0.223 e. The average Bonchev–Trinajstić information content (AvgIpc) is 2.32. The van der Waals surface area contributed by atoms with E-state index in [0.717, 1.165) is 0 Å². The van der Waals surface area contributed by atoms with Crippen LogP contribution in [0.15, 0.2) is 24.3 Å². The van der Waals surface area contributed by atoms with Crippen molar-refractivity contribution in [1.29, 1.82) is 0 Å². The van der Waals surface area contributed by atoms with E-state index in [1.165, 1.54) is 24.3 Å². The summed E-state index contributed by atoms with van der Waals surface area (Å²) in [6.07, 6.45) is 0.255. The Labute approximate surface area is 106 Å². The zero-order chi connectivity index (χ0) is 13.4. The summed E-state index contributed by atoms with van der Waals surface area (Å²) in [5, 5.41) is 2.77. The minimum atomic E-state index is -0.312.